The highest BCUT2D eigenvalue weighted by Gasteiger charge is 2.18. The highest BCUT2D eigenvalue weighted by atomic mass is 32.2. The minimum absolute atomic E-state index is 0.0306. The van der Waals surface area contributed by atoms with Gasteiger partial charge in [0.25, 0.3) is 5.91 Å². The predicted molar refractivity (Wildman–Crippen MR) is 66.8 cm³/mol. The van der Waals surface area contributed by atoms with Gasteiger partial charge in [-0.25, -0.2) is 4.98 Å². The number of aromatic nitrogens is 1. The van der Waals surface area contributed by atoms with E-state index in [1.54, 1.807) is 12.1 Å². The molecule has 2 rings (SSSR count). The van der Waals surface area contributed by atoms with Crippen LogP contribution in [-0.4, -0.2) is 40.4 Å². The Balaban J connectivity index is 2.09. The van der Waals surface area contributed by atoms with E-state index < -0.39 is 0 Å². The van der Waals surface area contributed by atoms with Crippen LogP contribution in [0.1, 0.15) is 22.5 Å². The lowest BCUT2D eigenvalue weighted by atomic mass is 10.2. The lowest BCUT2D eigenvalue weighted by molar-refractivity contribution is 0.0762. The molecule has 1 saturated heterocycles. The maximum Gasteiger partial charge on any atom is 0.272 e. The van der Waals surface area contributed by atoms with Crippen molar-refractivity contribution in [3.05, 3.63) is 29.6 Å². The van der Waals surface area contributed by atoms with Gasteiger partial charge in [0.2, 0.25) is 0 Å². The molecule has 1 aliphatic rings. The molecule has 0 aliphatic carbocycles. The summed E-state index contributed by atoms with van der Waals surface area (Å²) in [7, 11) is 0. The van der Waals surface area contributed by atoms with Crippen molar-refractivity contribution in [2.75, 3.05) is 24.6 Å². The van der Waals surface area contributed by atoms with Gasteiger partial charge in [0.1, 0.15) is 11.8 Å². The van der Waals surface area contributed by atoms with Crippen LogP contribution in [0.15, 0.2) is 18.3 Å². The molecule has 1 amide bonds. The van der Waals surface area contributed by atoms with E-state index in [0.717, 1.165) is 31.0 Å². The van der Waals surface area contributed by atoms with E-state index in [1.165, 1.54) is 6.20 Å². The molecule has 5 heteroatoms. The largest absolute Gasteiger partial charge is 0.336 e. The molecule has 2 heterocycles. The summed E-state index contributed by atoms with van der Waals surface area (Å²) >= 11 is 1.88. The molecule has 0 atom stereocenters. The normalized spacial score (nSPS) is 16.1. The quantitative estimate of drug-likeness (QED) is 0.755. The summed E-state index contributed by atoms with van der Waals surface area (Å²) < 4.78 is 0. The Labute approximate surface area is 105 Å². The monoisotopic (exact) mass is 247 g/mol. The topological polar surface area (TPSA) is 57.0 Å². The standard InChI is InChI=1S/C12H13N3OS/c13-8-10-2-3-11(14-9-10)12(16)15-4-1-6-17-7-5-15/h2-3,9H,1,4-7H2. The molecular formula is C12H13N3OS. The average molecular weight is 247 g/mol. The smallest absolute Gasteiger partial charge is 0.272 e. The number of rotatable bonds is 1. The summed E-state index contributed by atoms with van der Waals surface area (Å²) in [4.78, 5) is 18.0. The first kappa shape index (κ1) is 11.9. The van der Waals surface area contributed by atoms with E-state index >= 15 is 0 Å². The second-order valence-corrected chi connectivity index (χ2v) is 5.03. The van der Waals surface area contributed by atoms with Crippen LogP contribution < -0.4 is 0 Å². The van der Waals surface area contributed by atoms with Crippen LogP contribution in [0, 0.1) is 11.3 Å². The van der Waals surface area contributed by atoms with Gasteiger partial charge in [0, 0.05) is 25.0 Å². The molecule has 0 radical (unpaired) electrons. The minimum atomic E-state index is -0.0306. The molecule has 1 aliphatic heterocycles. The molecule has 0 spiro atoms. The molecule has 0 saturated carbocycles. The summed E-state index contributed by atoms with van der Waals surface area (Å²) in [5.41, 5.74) is 0.906. The molecular weight excluding hydrogens is 234 g/mol. The molecule has 0 unspecified atom stereocenters. The molecule has 1 aromatic heterocycles. The number of amides is 1. The van der Waals surface area contributed by atoms with Gasteiger partial charge in [0.05, 0.1) is 5.56 Å². The SMILES string of the molecule is N#Cc1ccc(C(=O)N2CCCSCC2)nc1. The van der Waals surface area contributed by atoms with Gasteiger partial charge in [-0.2, -0.15) is 17.0 Å². The van der Waals surface area contributed by atoms with Crippen molar-refractivity contribution in [1.82, 2.24) is 9.88 Å². The molecule has 1 aromatic rings. The number of carbonyl (C=O) groups is 1. The average Bonchev–Trinajstić information content (AvgIpc) is 2.67. The molecule has 17 heavy (non-hydrogen) atoms. The van der Waals surface area contributed by atoms with Crippen molar-refractivity contribution in [3.8, 4) is 6.07 Å². The van der Waals surface area contributed by atoms with Crippen molar-refractivity contribution in [3.63, 3.8) is 0 Å². The minimum Gasteiger partial charge on any atom is -0.336 e. The van der Waals surface area contributed by atoms with Crippen LogP contribution in [0.25, 0.3) is 0 Å². The van der Waals surface area contributed by atoms with Crippen LogP contribution in [0.2, 0.25) is 0 Å². The Kier molecular flexibility index (Phi) is 3.99. The fraction of sp³-hybridized carbons (Fsp3) is 0.417. The molecule has 0 bridgehead atoms. The number of pyridine rings is 1. The van der Waals surface area contributed by atoms with Crippen molar-refractivity contribution in [2.45, 2.75) is 6.42 Å². The van der Waals surface area contributed by atoms with Gasteiger partial charge in [-0.15, -0.1) is 0 Å². The lowest BCUT2D eigenvalue weighted by Gasteiger charge is -2.19. The Hall–Kier alpha value is -1.54. The van der Waals surface area contributed by atoms with E-state index in [2.05, 4.69) is 4.98 Å². The third-order valence-corrected chi connectivity index (χ3v) is 3.67. The first-order chi connectivity index (χ1) is 8.31. The molecule has 0 N–H and O–H groups in total. The number of nitriles is 1. The molecule has 1 fully saturated rings. The van der Waals surface area contributed by atoms with Crippen molar-refractivity contribution in [1.29, 1.82) is 5.26 Å². The van der Waals surface area contributed by atoms with Crippen molar-refractivity contribution in [2.24, 2.45) is 0 Å². The predicted octanol–water partition coefficient (Wildman–Crippen LogP) is 1.53. The molecule has 4 nitrogen and oxygen atoms in total. The van der Waals surface area contributed by atoms with E-state index in [0.29, 0.717) is 11.3 Å². The van der Waals surface area contributed by atoms with E-state index in [1.807, 2.05) is 22.7 Å². The summed E-state index contributed by atoms with van der Waals surface area (Å²) in [6.45, 7) is 1.58. The van der Waals surface area contributed by atoms with Gasteiger partial charge in [-0.05, 0) is 24.3 Å². The number of nitrogens with zero attached hydrogens (tertiary/aromatic N) is 3. The van der Waals surface area contributed by atoms with Crippen LogP contribution in [0.4, 0.5) is 0 Å². The first-order valence-electron chi connectivity index (χ1n) is 5.54. The number of carbonyl (C=O) groups excluding carboxylic acids is 1. The van der Waals surface area contributed by atoms with E-state index in [-0.39, 0.29) is 5.91 Å². The second kappa shape index (κ2) is 5.69. The fourth-order valence-electron chi connectivity index (χ4n) is 1.70. The van der Waals surface area contributed by atoms with Crippen LogP contribution in [-0.2, 0) is 0 Å². The van der Waals surface area contributed by atoms with Gasteiger partial charge >= 0.3 is 0 Å². The zero-order valence-corrected chi connectivity index (χ0v) is 10.2. The summed E-state index contributed by atoms with van der Waals surface area (Å²) in [5, 5.41) is 8.66. The van der Waals surface area contributed by atoms with E-state index in [4.69, 9.17) is 5.26 Å². The number of thioether (sulfide) groups is 1. The zero-order valence-electron chi connectivity index (χ0n) is 9.43. The highest BCUT2D eigenvalue weighted by Crippen LogP contribution is 2.12. The van der Waals surface area contributed by atoms with Crippen molar-refractivity contribution >= 4 is 17.7 Å². The molecule has 0 aromatic carbocycles. The zero-order chi connectivity index (χ0) is 12.1. The van der Waals surface area contributed by atoms with Crippen LogP contribution in [0.5, 0.6) is 0 Å². The molecule has 88 valence electrons. The Morgan fingerprint density at radius 2 is 2.29 bits per heavy atom. The Bertz CT molecular complexity index is 430. The van der Waals surface area contributed by atoms with Gasteiger partial charge < -0.3 is 4.90 Å². The van der Waals surface area contributed by atoms with Crippen LogP contribution in [0.3, 0.4) is 0 Å². The summed E-state index contributed by atoms with van der Waals surface area (Å²) in [5.74, 6) is 2.07. The Morgan fingerprint density at radius 3 is 3.00 bits per heavy atom. The fourth-order valence-corrected chi connectivity index (χ4v) is 2.58. The summed E-state index contributed by atoms with van der Waals surface area (Å²) in [6, 6.07) is 5.25. The van der Waals surface area contributed by atoms with Gasteiger partial charge in [-0.1, -0.05) is 0 Å². The number of hydrogen-bond acceptors (Lipinski definition) is 4. The third kappa shape index (κ3) is 2.98. The van der Waals surface area contributed by atoms with Gasteiger partial charge in [-0.3, -0.25) is 4.79 Å². The van der Waals surface area contributed by atoms with Crippen LogP contribution >= 0.6 is 11.8 Å². The van der Waals surface area contributed by atoms with Gasteiger partial charge in [0.15, 0.2) is 0 Å². The third-order valence-electron chi connectivity index (χ3n) is 2.62. The highest BCUT2D eigenvalue weighted by molar-refractivity contribution is 7.99. The summed E-state index contributed by atoms with van der Waals surface area (Å²) in [6.07, 6.45) is 2.48. The first-order valence-corrected chi connectivity index (χ1v) is 6.70. The maximum absolute atomic E-state index is 12.1. The lowest BCUT2D eigenvalue weighted by Crippen LogP contribution is -2.33. The number of hydrogen-bond donors (Lipinski definition) is 0. The maximum atomic E-state index is 12.1. The Morgan fingerprint density at radius 1 is 1.41 bits per heavy atom. The second-order valence-electron chi connectivity index (χ2n) is 3.80. The van der Waals surface area contributed by atoms with E-state index in [9.17, 15) is 4.79 Å². The van der Waals surface area contributed by atoms with Crippen molar-refractivity contribution < 1.29 is 4.79 Å².